The van der Waals surface area contributed by atoms with Crippen molar-refractivity contribution in [2.45, 2.75) is 13.8 Å². The Labute approximate surface area is 157 Å². The van der Waals surface area contributed by atoms with Crippen molar-refractivity contribution < 1.29 is 9.47 Å². The van der Waals surface area contributed by atoms with Gasteiger partial charge in [-0.05, 0) is 32.0 Å². The van der Waals surface area contributed by atoms with E-state index in [1.807, 2.05) is 43.3 Å². The molecule has 6 heteroatoms. The van der Waals surface area contributed by atoms with Crippen LogP contribution < -0.4 is 14.9 Å². The molecule has 0 fully saturated rings. The van der Waals surface area contributed by atoms with Gasteiger partial charge in [-0.3, -0.25) is 5.43 Å². The second-order valence-corrected chi connectivity index (χ2v) is 6.87. The van der Waals surface area contributed by atoms with Gasteiger partial charge >= 0.3 is 0 Å². The Morgan fingerprint density at radius 3 is 2.46 bits per heavy atom. The summed E-state index contributed by atoms with van der Waals surface area (Å²) in [5.74, 6) is 1.37. The van der Waals surface area contributed by atoms with Crippen molar-refractivity contribution in [1.29, 1.82) is 0 Å². The number of aromatic nitrogens is 1. The van der Waals surface area contributed by atoms with Gasteiger partial charge in [0.25, 0.3) is 0 Å². The molecule has 0 spiro atoms. The predicted molar refractivity (Wildman–Crippen MR) is 108 cm³/mol. The Morgan fingerprint density at radius 1 is 1.04 bits per heavy atom. The lowest BCUT2D eigenvalue weighted by atomic mass is 10.1. The number of benzene rings is 2. The van der Waals surface area contributed by atoms with Gasteiger partial charge < -0.3 is 9.47 Å². The normalized spacial score (nSPS) is 11.3. The molecule has 0 unspecified atom stereocenters. The van der Waals surface area contributed by atoms with Gasteiger partial charge in [0.05, 0.1) is 25.6 Å². The minimum atomic E-state index is 0.677. The molecular weight excluding hydrogens is 346 g/mol. The topological polar surface area (TPSA) is 55.7 Å². The Hall–Kier alpha value is -2.86. The molecule has 5 nitrogen and oxygen atoms in total. The van der Waals surface area contributed by atoms with E-state index in [4.69, 9.17) is 9.47 Å². The molecule has 0 aliphatic rings. The summed E-state index contributed by atoms with van der Waals surface area (Å²) in [5, 5.41) is 5.23. The maximum Gasteiger partial charge on any atom is 0.204 e. The van der Waals surface area contributed by atoms with E-state index in [-0.39, 0.29) is 0 Å². The lowest BCUT2D eigenvalue weighted by molar-refractivity contribution is 0.355. The van der Waals surface area contributed by atoms with E-state index in [1.54, 1.807) is 25.6 Å². The second-order valence-electron chi connectivity index (χ2n) is 5.67. The van der Waals surface area contributed by atoms with E-state index in [2.05, 4.69) is 34.6 Å². The molecule has 0 aliphatic carbocycles. The average molecular weight is 367 g/mol. The van der Waals surface area contributed by atoms with Gasteiger partial charge in [-0.2, -0.15) is 5.10 Å². The van der Waals surface area contributed by atoms with Crippen molar-refractivity contribution in [2.75, 3.05) is 19.6 Å². The number of nitrogens with one attached hydrogen (secondary N) is 1. The summed E-state index contributed by atoms with van der Waals surface area (Å²) in [5.41, 5.74) is 6.94. The third-order valence-electron chi connectivity index (χ3n) is 3.96. The van der Waals surface area contributed by atoms with Crippen molar-refractivity contribution in [2.24, 2.45) is 5.10 Å². The number of aryl methyl sites for hydroxylation is 1. The van der Waals surface area contributed by atoms with Crippen LogP contribution >= 0.6 is 11.3 Å². The van der Waals surface area contributed by atoms with Crippen LogP contribution in [0.5, 0.6) is 11.5 Å². The van der Waals surface area contributed by atoms with E-state index in [9.17, 15) is 0 Å². The first-order chi connectivity index (χ1) is 12.6. The van der Waals surface area contributed by atoms with Crippen molar-refractivity contribution in [3.05, 3.63) is 59.0 Å². The highest BCUT2D eigenvalue weighted by atomic mass is 32.1. The number of hydrazone groups is 1. The molecule has 2 aromatic carbocycles. The molecule has 1 aromatic heterocycles. The summed E-state index contributed by atoms with van der Waals surface area (Å²) in [6.45, 7) is 4.00. The van der Waals surface area contributed by atoms with Crippen LogP contribution in [0.2, 0.25) is 0 Å². The maximum absolute atomic E-state index is 5.35. The summed E-state index contributed by atoms with van der Waals surface area (Å²) in [4.78, 5) is 5.81. The molecule has 26 heavy (non-hydrogen) atoms. The van der Waals surface area contributed by atoms with Crippen molar-refractivity contribution >= 4 is 22.2 Å². The first-order valence-electron chi connectivity index (χ1n) is 8.18. The van der Waals surface area contributed by atoms with Gasteiger partial charge in [0.1, 0.15) is 0 Å². The number of anilines is 1. The Kier molecular flexibility index (Phi) is 5.53. The highest BCUT2D eigenvalue weighted by Crippen LogP contribution is 2.30. The standard InChI is InChI=1S/C20H21N3O2S/c1-13(16-10-11-17(24-3)18(12-16)25-4)22-23-20-21-19(14(2)26-20)15-8-6-5-7-9-15/h5-12H,1-4H3,(H,21,23)/b22-13+. The molecule has 0 saturated carbocycles. The Balaban J connectivity index is 1.80. The molecule has 1 heterocycles. The fourth-order valence-corrected chi connectivity index (χ4v) is 3.34. The zero-order valence-corrected chi connectivity index (χ0v) is 16.1. The van der Waals surface area contributed by atoms with Crippen molar-refractivity contribution in [3.63, 3.8) is 0 Å². The number of rotatable bonds is 6. The van der Waals surface area contributed by atoms with Crippen molar-refractivity contribution in [3.8, 4) is 22.8 Å². The van der Waals surface area contributed by atoms with Crippen LogP contribution in [0.1, 0.15) is 17.4 Å². The SMILES string of the molecule is COc1ccc(/C(C)=N/Nc2nc(-c3ccccc3)c(C)s2)cc1OC. The van der Waals surface area contributed by atoms with Crippen molar-refractivity contribution in [1.82, 2.24) is 4.98 Å². The first-order valence-corrected chi connectivity index (χ1v) is 8.99. The van der Waals surface area contributed by atoms with Crippen LogP contribution in [0.3, 0.4) is 0 Å². The van der Waals surface area contributed by atoms with Crippen LogP contribution in [-0.2, 0) is 0 Å². The minimum absolute atomic E-state index is 0.677. The lowest BCUT2D eigenvalue weighted by Crippen LogP contribution is -2.01. The number of ether oxygens (including phenoxy) is 2. The van der Waals surface area contributed by atoms with Gasteiger partial charge in [0.15, 0.2) is 11.5 Å². The minimum Gasteiger partial charge on any atom is -0.493 e. The highest BCUT2D eigenvalue weighted by molar-refractivity contribution is 7.16. The van der Waals surface area contributed by atoms with E-state index in [1.165, 1.54) is 0 Å². The average Bonchev–Trinajstić information content (AvgIpc) is 3.06. The number of thiazole rings is 1. The highest BCUT2D eigenvalue weighted by Gasteiger charge is 2.10. The molecule has 0 radical (unpaired) electrons. The Bertz CT molecular complexity index is 920. The number of hydrogen-bond acceptors (Lipinski definition) is 6. The number of nitrogens with zero attached hydrogens (tertiary/aromatic N) is 2. The predicted octanol–water partition coefficient (Wildman–Crippen LogP) is 4.97. The molecule has 134 valence electrons. The molecule has 3 aromatic rings. The summed E-state index contributed by atoms with van der Waals surface area (Å²) < 4.78 is 10.6. The maximum atomic E-state index is 5.35. The number of hydrogen-bond donors (Lipinski definition) is 1. The number of methoxy groups -OCH3 is 2. The quantitative estimate of drug-likeness (QED) is 0.493. The molecule has 0 saturated heterocycles. The third-order valence-corrected chi connectivity index (χ3v) is 4.84. The molecule has 0 aliphatic heterocycles. The van der Waals surface area contributed by atoms with Crippen LogP contribution in [0.4, 0.5) is 5.13 Å². The van der Waals surface area contributed by atoms with E-state index >= 15 is 0 Å². The zero-order chi connectivity index (χ0) is 18.5. The summed E-state index contributed by atoms with van der Waals surface area (Å²) >= 11 is 1.59. The third kappa shape index (κ3) is 3.86. The fourth-order valence-electron chi connectivity index (χ4n) is 2.57. The molecule has 0 bridgehead atoms. The Morgan fingerprint density at radius 2 is 1.77 bits per heavy atom. The van der Waals surface area contributed by atoms with Gasteiger partial charge in [-0.25, -0.2) is 4.98 Å². The summed E-state index contributed by atoms with van der Waals surface area (Å²) in [7, 11) is 3.24. The molecule has 3 rings (SSSR count). The van der Waals surface area contributed by atoms with Gasteiger partial charge in [0.2, 0.25) is 5.13 Å². The van der Waals surface area contributed by atoms with E-state index in [0.717, 1.165) is 32.5 Å². The summed E-state index contributed by atoms with van der Waals surface area (Å²) in [6, 6.07) is 15.9. The zero-order valence-electron chi connectivity index (χ0n) is 15.2. The fraction of sp³-hybridized carbons (Fsp3) is 0.200. The molecule has 0 atom stereocenters. The van der Waals surface area contributed by atoms with Crippen LogP contribution in [0.25, 0.3) is 11.3 Å². The molecular formula is C20H21N3O2S. The van der Waals surface area contributed by atoms with Gasteiger partial charge in [0, 0.05) is 16.0 Å². The van der Waals surface area contributed by atoms with Crippen LogP contribution in [-0.4, -0.2) is 24.9 Å². The van der Waals surface area contributed by atoms with Gasteiger partial charge in [-0.1, -0.05) is 30.3 Å². The van der Waals surface area contributed by atoms with E-state index in [0.29, 0.717) is 11.5 Å². The van der Waals surface area contributed by atoms with Crippen LogP contribution in [0.15, 0.2) is 53.6 Å². The van der Waals surface area contributed by atoms with Gasteiger partial charge in [-0.15, -0.1) is 11.3 Å². The summed E-state index contributed by atoms with van der Waals surface area (Å²) in [6.07, 6.45) is 0. The second kappa shape index (κ2) is 8.01. The largest absolute Gasteiger partial charge is 0.493 e. The first kappa shape index (κ1) is 17.9. The van der Waals surface area contributed by atoms with E-state index < -0.39 is 0 Å². The smallest absolute Gasteiger partial charge is 0.204 e. The lowest BCUT2D eigenvalue weighted by Gasteiger charge is -2.09. The van der Waals surface area contributed by atoms with Crippen LogP contribution in [0, 0.1) is 6.92 Å². The molecule has 1 N–H and O–H groups in total. The monoisotopic (exact) mass is 367 g/mol. The molecule has 0 amide bonds.